The van der Waals surface area contributed by atoms with Gasteiger partial charge in [-0.15, -0.1) is 15.3 Å². The number of rotatable bonds is 5. The number of methoxy groups -OCH3 is 1. The Morgan fingerprint density at radius 1 is 1.19 bits per heavy atom. The van der Waals surface area contributed by atoms with Gasteiger partial charge in [-0.05, 0) is 38.1 Å². The molecule has 3 aromatic rings. The normalized spacial score (nSPS) is 10.8. The predicted octanol–water partition coefficient (Wildman–Crippen LogP) is 2.72. The zero-order valence-corrected chi connectivity index (χ0v) is 14.5. The van der Waals surface area contributed by atoms with Gasteiger partial charge in [0.05, 0.1) is 19.0 Å². The zero-order valence-electron chi connectivity index (χ0n) is 14.5. The van der Waals surface area contributed by atoms with Crippen molar-refractivity contribution in [1.82, 2.24) is 25.2 Å². The third-order valence-corrected chi connectivity index (χ3v) is 3.59. The highest BCUT2D eigenvalue weighted by molar-refractivity contribution is 6.04. The van der Waals surface area contributed by atoms with Crippen molar-refractivity contribution >= 4 is 11.7 Å². The summed E-state index contributed by atoms with van der Waals surface area (Å²) in [5.41, 5.74) is 0.984. The Morgan fingerprint density at radius 2 is 2.00 bits per heavy atom. The van der Waals surface area contributed by atoms with Gasteiger partial charge < -0.3 is 10.1 Å². The van der Waals surface area contributed by atoms with Crippen LogP contribution in [0.25, 0.3) is 11.3 Å². The van der Waals surface area contributed by atoms with Crippen LogP contribution in [0, 0.1) is 5.82 Å². The summed E-state index contributed by atoms with van der Waals surface area (Å²) in [5, 5.41) is 18.2. The Hall–Kier alpha value is -3.36. The zero-order chi connectivity index (χ0) is 18.7. The highest BCUT2D eigenvalue weighted by atomic mass is 19.1. The van der Waals surface area contributed by atoms with E-state index >= 15 is 0 Å². The lowest BCUT2D eigenvalue weighted by Gasteiger charge is -2.06. The van der Waals surface area contributed by atoms with Crippen molar-refractivity contribution in [3.63, 3.8) is 0 Å². The second-order valence-electron chi connectivity index (χ2n) is 5.82. The Morgan fingerprint density at radius 3 is 2.62 bits per heavy atom. The molecule has 0 spiro atoms. The molecule has 1 aromatic carbocycles. The molecule has 0 saturated carbocycles. The summed E-state index contributed by atoms with van der Waals surface area (Å²) in [4.78, 5) is 12.4. The molecule has 1 amide bonds. The topological polar surface area (TPSA) is 94.8 Å². The highest BCUT2D eigenvalue weighted by Gasteiger charge is 2.13. The molecule has 134 valence electrons. The SMILES string of the molecule is COc1ccc(-c2cc(F)cc(C(=O)Nc3cn(C(C)C)nn3)c2)nn1. The molecule has 0 atom stereocenters. The number of hydrogen-bond acceptors (Lipinski definition) is 6. The number of carbonyl (C=O) groups excluding carboxylic acids is 1. The summed E-state index contributed by atoms with van der Waals surface area (Å²) in [7, 11) is 1.48. The summed E-state index contributed by atoms with van der Waals surface area (Å²) < 4.78 is 20.5. The summed E-state index contributed by atoms with van der Waals surface area (Å²) in [6, 6.07) is 7.31. The van der Waals surface area contributed by atoms with Gasteiger partial charge in [0, 0.05) is 23.2 Å². The number of hydrogen-bond donors (Lipinski definition) is 1. The fourth-order valence-corrected chi connectivity index (χ4v) is 2.23. The average molecular weight is 356 g/mol. The van der Waals surface area contributed by atoms with Gasteiger partial charge in [0.2, 0.25) is 5.88 Å². The predicted molar refractivity (Wildman–Crippen MR) is 92.3 cm³/mol. The van der Waals surface area contributed by atoms with E-state index in [1.165, 1.54) is 19.2 Å². The molecule has 2 heterocycles. The van der Waals surface area contributed by atoms with Gasteiger partial charge in [0.15, 0.2) is 5.82 Å². The number of nitrogens with zero attached hydrogens (tertiary/aromatic N) is 5. The minimum Gasteiger partial charge on any atom is -0.480 e. The van der Waals surface area contributed by atoms with Crippen molar-refractivity contribution in [2.75, 3.05) is 12.4 Å². The first kappa shape index (κ1) is 17.5. The highest BCUT2D eigenvalue weighted by Crippen LogP contribution is 2.21. The molecule has 0 aliphatic carbocycles. The minimum atomic E-state index is -0.559. The molecule has 9 heteroatoms. The standard InChI is InChI=1S/C17H17FN6O2/c1-10(2)24-9-15(21-23-24)19-17(25)12-6-11(7-13(18)8-12)14-4-5-16(26-3)22-20-14/h4-10H,1-3H3,(H,19,25). The van der Waals surface area contributed by atoms with E-state index in [-0.39, 0.29) is 11.6 Å². The molecule has 0 aliphatic heterocycles. The van der Waals surface area contributed by atoms with E-state index in [1.807, 2.05) is 13.8 Å². The van der Waals surface area contributed by atoms with Crippen molar-refractivity contribution in [1.29, 1.82) is 0 Å². The van der Waals surface area contributed by atoms with E-state index in [9.17, 15) is 9.18 Å². The molecule has 0 radical (unpaired) electrons. The van der Waals surface area contributed by atoms with Gasteiger partial charge in [0.1, 0.15) is 5.82 Å². The third-order valence-electron chi connectivity index (χ3n) is 3.59. The van der Waals surface area contributed by atoms with Crippen LogP contribution in [0.3, 0.4) is 0 Å². The molecule has 1 N–H and O–H groups in total. The number of carbonyl (C=O) groups is 1. The van der Waals surface area contributed by atoms with Crippen LogP contribution < -0.4 is 10.1 Å². The molecule has 0 aliphatic rings. The van der Waals surface area contributed by atoms with E-state index in [0.717, 1.165) is 6.07 Å². The number of amides is 1. The molecule has 0 unspecified atom stereocenters. The Balaban J connectivity index is 1.84. The van der Waals surface area contributed by atoms with Crippen molar-refractivity contribution in [2.45, 2.75) is 19.9 Å². The van der Waals surface area contributed by atoms with Gasteiger partial charge >= 0.3 is 0 Å². The number of ether oxygens (including phenoxy) is 1. The fourth-order valence-electron chi connectivity index (χ4n) is 2.23. The number of nitrogens with one attached hydrogen (secondary N) is 1. The monoisotopic (exact) mass is 356 g/mol. The van der Waals surface area contributed by atoms with E-state index in [4.69, 9.17) is 4.74 Å². The molecule has 0 fully saturated rings. The molecule has 8 nitrogen and oxygen atoms in total. The van der Waals surface area contributed by atoms with E-state index in [1.54, 1.807) is 23.0 Å². The summed E-state index contributed by atoms with van der Waals surface area (Å²) >= 11 is 0. The third kappa shape index (κ3) is 3.82. The summed E-state index contributed by atoms with van der Waals surface area (Å²) in [6.45, 7) is 3.88. The van der Waals surface area contributed by atoms with Gasteiger partial charge in [-0.2, -0.15) is 0 Å². The maximum absolute atomic E-state index is 14.0. The number of anilines is 1. The van der Waals surface area contributed by atoms with E-state index in [0.29, 0.717) is 23.0 Å². The van der Waals surface area contributed by atoms with Crippen LogP contribution in [0.2, 0.25) is 0 Å². The molecule has 3 rings (SSSR count). The molecule has 2 aromatic heterocycles. The van der Waals surface area contributed by atoms with Crippen molar-refractivity contribution in [3.05, 3.63) is 47.9 Å². The Kier molecular flexibility index (Phi) is 4.87. The Labute approximate surface area is 149 Å². The van der Waals surface area contributed by atoms with Crippen LogP contribution >= 0.6 is 0 Å². The lowest BCUT2D eigenvalue weighted by atomic mass is 10.1. The maximum Gasteiger partial charge on any atom is 0.257 e. The minimum absolute atomic E-state index is 0.113. The Bertz CT molecular complexity index is 923. The molecular formula is C17H17FN6O2. The number of aromatic nitrogens is 5. The van der Waals surface area contributed by atoms with Crippen LogP contribution in [0.15, 0.2) is 36.5 Å². The van der Waals surface area contributed by atoms with Gasteiger partial charge in [-0.3, -0.25) is 4.79 Å². The first-order valence-corrected chi connectivity index (χ1v) is 7.88. The van der Waals surface area contributed by atoms with Gasteiger partial charge in [-0.25, -0.2) is 9.07 Å². The molecular weight excluding hydrogens is 339 g/mol. The van der Waals surface area contributed by atoms with Gasteiger partial charge in [0.25, 0.3) is 5.91 Å². The molecule has 26 heavy (non-hydrogen) atoms. The van der Waals surface area contributed by atoms with Crippen LogP contribution in [0.4, 0.5) is 10.2 Å². The van der Waals surface area contributed by atoms with E-state index < -0.39 is 11.7 Å². The van der Waals surface area contributed by atoms with Crippen molar-refractivity contribution in [3.8, 4) is 17.1 Å². The smallest absolute Gasteiger partial charge is 0.257 e. The maximum atomic E-state index is 14.0. The molecule has 0 bridgehead atoms. The van der Waals surface area contributed by atoms with E-state index in [2.05, 4.69) is 25.8 Å². The lowest BCUT2D eigenvalue weighted by Crippen LogP contribution is -2.12. The number of halogens is 1. The first-order valence-electron chi connectivity index (χ1n) is 7.88. The van der Waals surface area contributed by atoms with Crippen molar-refractivity contribution < 1.29 is 13.9 Å². The van der Waals surface area contributed by atoms with Crippen LogP contribution in [-0.4, -0.2) is 38.2 Å². The lowest BCUT2D eigenvalue weighted by molar-refractivity contribution is 0.102. The first-order chi connectivity index (χ1) is 12.5. The van der Waals surface area contributed by atoms with Crippen LogP contribution in [0.1, 0.15) is 30.2 Å². The average Bonchev–Trinajstić information content (AvgIpc) is 3.10. The fraction of sp³-hybridized carbons (Fsp3) is 0.235. The quantitative estimate of drug-likeness (QED) is 0.755. The largest absolute Gasteiger partial charge is 0.480 e. The molecule has 0 saturated heterocycles. The summed E-state index contributed by atoms with van der Waals surface area (Å²) in [6.07, 6.45) is 1.61. The van der Waals surface area contributed by atoms with Crippen LogP contribution in [-0.2, 0) is 0 Å². The second-order valence-corrected chi connectivity index (χ2v) is 5.82. The van der Waals surface area contributed by atoms with Gasteiger partial charge in [-0.1, -0.05) is 5.21 Å². The second kappa shape index (κ2) is 7.26. The van der Waals surface area contributed by atoms with Crippen LogP contribution in [0.5, 0.6) is 5.88 Å². The summed E-state index contributed by atoms with van der Waals surface area (Å²) in [5.74, 6) is -0.422. The van der Waals surface area contributed by atoms with Crippen molar-refractivity contribution in [2.24, 2.45) is 0 Å². The number of benzene rings is 1.